The molecule has 0 aliphatic heterocycles. The van der Waals surface area contributed by atoms with E-state index in [9.17, 15) is 0 Å². The molecule has 0 amide bonds. The van der Waals surface area contributed by atoms with E-state index in [-0.39, 0.29) is 41.0 Å². The van der Waals surface area contributed by atoms with Gasteiger partial charge in [0.15, 0.2) is 0 Å². The molecule has 1 radical (unpaired) electrons. The van der Waals surface area contributed by atoms with E-state index in [1.54, 1.807) is 0 Å². The van der Waals surface area contributed by atoms with Crippen LogP contribution in [0.15, 0.2) is 0 Å². The van der Waals surface area contributed by atoms with Gasteiger partial charge in [-0.3, -0.25) is 9.59 Å². The Morgan fingerprint density at radius 1 is 0.889 bits per heavy atom. The predicted octanol–water partition coefficient (Wildman–Crippen LogP) is -2.25. The summed E-state index contributed by atoms with van der Waals surface area (Å²) in [5, 5.41) is 13.8. The van der Waals surface area contributed by atoms with Crippen molar-refractivity contribution in [3.8, 4) is 0 Å². The topological polar surface area (TPSA) is 138 Å². The van der Waals surface area contributed by atoms with Crippen LogP contribution in [-0.4, -0.2) is 34.1 Å². The Kier molecular flexibility index (Phi) is 701. The van der Waals surface area contributed by atoms with Crippen molar-refractivity contribution in [2.45, 2.75) is 0 Å². The van der Waals surface area contributed by atoms with Crippen molar-refractivity contribution < 1.29 is 47.8 Å². The van der Waals surface area contributed by atoms with Gasteiger partial charge >= 0.3 is 0 Å². The molecule has 0 atom stereocenters. The molecule has 63 valence electrons. The van der Waals surface area contributed by atoms with E-state index >= 15 is 0 Å². The van der Waals surface area contributed by atoms with Crippen molar-refractivity contribution >= 4 is 12.9 Å². The van der Waals surface area contributed by atoms with Crippen LogP contribution in [0.3, 0.4) is 0 Å². The number of hydrogen-bond acceptors (Lipinski definition) is 2. The normalized spacial score (nSPS) is 2.67. The maximum Gasteiger partial charge on any atom is 0.290 e. The Hall–Kier alpha value is -0.621. The molecule has 0 aromatic carbocycles. The van der Waals surface area contributed by atoms with Gasteiger partial charge in [-0.05, 0) is 0 Å². The van der Waals surface area contributed by atoms with Gasteiger partial charge < -0.3 is 21.2 Å². The van der Waals surface area contributed by atoms with Gasteiger partial charge in [-0.15, -0.1) is 0 Å². The summed E-state index contributed by atoms with van der Waals surface area (Å²) in [4.78, 5) is 16.7. The number of carboxylic acid groups (broad SMARTS) is 2. The molecule has 0 aromatic rings. The van der Waals surface area contributed by atoms with E-state index in [0.717, 1.165) is 0 Å². The summed E-state index contributed by atoms with van der Waals surface area (Å²) >= 11 is 0. The smallest absolute Gasteiger partial charge is 0.290 e. The summed E-state index contributed by atoms with van der Waals surface area (Å²) in [6.45, 7) is -0.500. The van der Waals surface area contributed by atoms with Gasteiger partial charge in [0.2, 0.25) is 0 Å². The van der Waals surface area contributed by atoms with E-state index < -0.39 is 0 Å². The molecule has 0 spiro atoms. The summed E-state index contributed by atoms with van der Waals surface area (Å²) in [6, 6.07) is 0. The van der Waals surface area contributed by atoms with Crippen LogP contribution in [-0.2, 0) is 26.7 Å². The first-order valence-electron chi connectivity index (χ1n) is 0.988. The first-order chi connectivity index (χ1) is 2.83. The minimum absolute atomic E-state index is 0. The molecule has 0 rings (SSSR count). The number of carbonyl (C=O) groups is 2. The second-order valence-corrected chi connectivity index (χ2v) is 0.211. The first-order valence-corrected chi connectivity index (χ1v) is 0.988. The Morgan fingerprint density at radius 2 is 0.889 bits per heavy atom. The molecular weight excluding hydrogens is 184 g/mol. The van der Waals surface area contributed by atoms with E-state index in [0.29, 0.717) is 0 Å². The van der Waals surface area contributed by atoms with Crippen LogP contribution in [0.4, 0.5) is 0 Å². The molecule has 0 saturated heterocycles. The van der Waals surface area contributed by atoms with Gasteiger partial charge in [-0.2, -0.15) is 0 Å². The van der Waals surface area contributed by atoms with Gasteiger partial charge in [0.05, 0.1) is 0 Å². The molecule has 0 saturated carbocycles. The Balaban J connectivity index is -0.00000000889. The average molecular weight is 192 g/mol. The quantitative estimate of drug-likeness (QED) is 0.330. The fourth-order valence-corrected chi connectivity index (χ4v) is 0. The fraction of sp³-hybridized carbons (Fsp3) is 0. The molecular formula is C2H8CuO6. The van der Waals surface area contributed by atoms with Crippen LogP contribution in [0.5, 0.6) is 0 Å². The van der Waals surface area contributed by atoms with Crippen LogP contribution in [0.1, 0.15) is 0 Å². The molecule has 0 aliphatic rings. The third-order valence-electron chi connectivity index (χ3n) is 0. The van der Waals surface area contributed by atoms with Crippen LogP contribution in [0.25, 0.3) is 0 Å². The van der Waals surface area contributed by atoms with Gasteiger partial charge in [0.25, 0.3) is 12.9 Å². The van der Waals surface area contributed by atoms with Crippen LogP contribution in [0.2, 0.25) is 0 Å². The summed E-state index contributed by atoms with van der Waals surface area (Å²) in [6.07, 6.45) is 0. The second kappa shape index (κ2) is 158. The SMILES string of the molecule is O.O.O=CO.O=CO.[Cu]. The zero-order valence-corrected chi connectivity index (χ0v) is 5.11. The Labute approximate surface area is 61.6 Å². The molecule has 0 unspecified atom stereocenters. The van der Waals surface area contributed by atoms with Crippen molar-refractivity contribution in [2.24, 2.45) is 0 Å². The van der Waals surface area contributed by atoms with Crippen LogP contribution in [0, 0.1) is 0 Å². The maximum atomic E-state index is 8.36. The average Bonchev–Trinajstić information content (AvgIpc) is 1.39. The zero-order chi connectivity index (χ0) is 5.41. The minimum Gasteiger partial charge on any atom is -0.483 e. The van der Waals surface area contributed by atoms with Crippen molar-refractivity contribution in [2.75, 3.05) is 0 Å². The number of hydrogen-bond donors (Lipinski definition) is 2. The van der Waals surface area contributed by atoms with Crippen molar-refractivity contribution in [1.29, 1.82) is 0 Å². The molecule has 7 heteroatoms. The maximum absolute atomic E-state index is 8.36. The Morgan fingerprint density at radius 3 is 0.889 bits per heavy atom. The van der Waals surface area contributed by atoms with E-state index in [2.05, 4.69) is 0 Å². The first kappa shape index (κ1) is 40.0. The molecule has 0 aliphatic carbocycles. The summed E-state index contributed by atoms with van der Waals surface area (Å²) in [7, 11) is 0. The zero-order valence-electron chi connectivity index (χ0n) is 4.17. The summed E-state index contributed by atoms with van der Waals surface area (Å²) < 4.78 is 0. The monoisotopic (exact) mass is 191 g/mol. The number of rotatable bonds is 0. The second-order valence-electron chi connectivity index (χ2n) is 0.211. The van der Waals surface area contributed by atoms with Gasteiger partial charge in [0.1, 0.15) is 0 Å². The predicted molar refractivity (Wildman–Crippen MR) is 24.6 cm³/mol. The van der Waals surface area contributed by atoms with Crippen molar-refractivity contribution in [1.82, 2.24) is 0 Å². The molecule has 0 bridgehead atoms. The van der Waals surface area contributed by atoms with Gasteiger partial charge in [0, 0.05) is 17.1 Å². The minimum atomic E-state index is -0.250. The van der Waals surface area contributed by atoms with Crippen LogP contribution >= 0.6 is 0 Å². The van der Waals surface area contributed by atoms with E-state index in [1.807, 2.05) is 0 Å². The fourth-order valence-electron chi connectivity index (χ4n) is 0. The van der Waals surface area contributed by atoms with Gasteiger partial charge in [-0.1, -0.05) is 0 Å². The molecule has 0 heterocycles. The van der Waals surface area contributed by atoms with Gasteiger partial charge in [-0.25, -0.2) is 0 Å². The largest absolute Gasteiger partial charge is 0.483 e. The molecule has 6 nitrogen and oxygen atoms in total. The standard InChI is InChI=1S/2CH2O2.Cu.2H2O/c2*2-1-3;;;/h2*1H,(H,2,3);;2*1H2. The van der Waals surface area contributed by atoms with E-state index in [1.165, 1.54) is 0 Å². The molecule has 9 heavy (non-hydrogen) atoms. The molecule has 0 fully saturated rings. The Bertz CT molecular complexity index is 32.0. The third-order valence-corrected chi connectivity index (χ3v) is 0. The summed E-state index contributed by atoms with van der Waals surface area (Å²) in [5.41, 5.74) is 0. The third kappa shape index (κ3) is 555. The van der Waals surface area contributed by atoms with Crippen molar-refractivity contribution in [3.63, 3.8) is 0 Å². The van der Waals surface area contributed by atoms with E-state index in [4.69, 9.17) is 19.8 Å². The molecule has 6 N–H and O–H groups in total. The molecule has 0 aromatic heterocycles. The van der Waals surface area contributed by atoms with Crippen LogP contribution < -0.4 is 0 Å². The van der Waals surface area contributed by atoms with Crippen molar-refractivity contribution in [3.05, 3.63) is 0 Å². The summed E-state index contributed by atoms with van der Waals surface area (Å²) in [5.74, 6) is 0.